The maximum atomic E-state index is 4.87. The smallest absolute Gasteiger partial charge is 0.186 e. The van der Waals surface area contributed by atoms with E-state index in [1.165, 1.54) is 16.1 Å². The summed E-state index contributed by atoms with van der Waals surface area (Å²) < 4.78 is 0. The fourth-order valence-electron chi connectivity index (χ4n) is 2.26. The molecule has 2 heterocycles. The lowest BCUT2D eigenvalue weighted by molar-refractivity contribution is 0.789. The Kier molecular flexibility index (Phi) is 6.14. The van der Waals surface area contributed by atoms with E-state index < -0.39 is 0 Å². The normalized spacial score (nSPS) is 10.8. The van der Waals surface area contributed by atoms with Crippen LogP contribution in [0.5, 0.6) is 0 Å². The number of pyridine rings is 1. The molecule has 114 valence electrons. The zero-order chi connectivity index (χ0) is 15.1. The average molecular weight is 304 g/mol. The number of hydrogen-bond acceptors (Lipinski definition) is 5. The molecular formula is C16H24N4S. The standard InChI is InChI=1S/C16H24N4S/c1-4-6-14-15(11-17-3)21-16(19-14)20(5-2)12-13-7-9-18-10-8-13/h7-10,17H,4-6,11-12H2,1-3H3. The summed E-state index contributed by atoms with van der Waals surface area (Å²) in [6.07, 6.45) is 5.89. The van der Waals surface area contributed by atoms with E-state index in [1.54, 1.807) is 0 Å². The van der Waals surface area contributed by atoms with Gasteiger partial charge >= 0.3 is 0 Å². The SMILES string of the molecule is CCCc1nc(N(CC)Cc2ccncc2)sc1CNC. The zero-order valence-corrected chi connectivity index (χ0v) is 13.9. The van der Waals surface area contributed by atoms with Gasteiger partial charge in [-0.15, -0.1) is 11.3 Å². The van der Waals surface area contributed by atoms with Gasteiger partial charge in [0, 0.05) is 36.9 Å². The van der Waals surface area contributed by atoms with Crippen molar-refractivity contribution < 1.29 is 0 Å². The molecule has 4 nitrogen and oxygen atoms in total. The Morgan fingerprint density at radius 1 is 1.24 bits per heavy atom. The van der Waals surface area contributed by atoms with Crippen LogP contribution in [0, 0.1) is 0 Å². The fourth-order valence-corrected chi connectivity index (χ4v) is 3.44. The van der Waals surface area contributed by atoms with Crippen LogP contribution in [0.2, 0.25) is 0 Å². The number of anilines is 1. The number of rotatable bonds is 8. The summed E-state index contributed by atoms with van der Waals surface area (Å²) in [6.45, 7) is 7.13. The Bertz CT molecular complexity index is 515. The number of hydrogen-bond donors (Lipinski definition) is 1. The largest absolute Gasteiger partial charge is 0.344 e. The Hall–Kier alpha value is -1.46. The Morgan fingerprint density at radius 3 is 2.62 bits per heavy atom. The first kappa shape index (κ1) is 15.9. The van der Waals surface area contributed by atoms with E-state index in [2.05, 4.69) is 41.2 Å². The summed E-state index contributed by atoms with van der Waals surface area (Å²) in [5.41, 5.74) is 2.52. The van der Waals surface area contributed by atoms with Gasteiger partial charge in [-0.2, -0.15) is 0 Å². The molecule has 0 aliphatic rings. The van der Waals surface area contributed by atoms with Crippen molar-refractivity contribution in [1.82, 2.24) is 15.3 Å². The lowest BCUT2D eigenvalue weighted by atomic mass is 10.2. The minimum absolute atomic E-state index is 0.886. The molecule has 2 aromatic rings. The van der Waals surface area contributed by atoms with Crippen molar-refractivity contribution in [3.05, 3.63) is 40.7 Å². The monoisotopic (exact) mass is 304 g/mol. The van der Waals surface area contributed by atoms with Crippen molar-refractivity contribution in [1.29, 1.82) is 0 Å². The molecule has 5 heteroatoms. The van der Waals surface area contributed by atoms with Gasteiger partial charge in [-0.25, -0.2) is 4.98 Å². The van der Waals surface area contributed by atoms with E-state index in [1.807, 2.05) is 30.8 Å². The molecule has 21 heavy (non-hydrogen) atoms. The van der Waals surface area contributed by atoms with Crippen LogP contribution in [0.1, 0.15) is 36.4 Å². The predicted octanol–water partition coefficient (Wildman–Crippen LogP) is 3.24. The van der Waals surface area contributed by atoms with Crippen LogP contribution in [0.3, 0.4) is 0 Å². The van der Waals surface area contributed by atoms with Crippen LogP contribution in [0.25, 0.3) is 0 Å². The van der Waals surface area contributed by atoms with Gasteiger partial charge in [0.1, 0.15) is 0 Å². The summed E-state index contributed by atoms with van der Waals surface area (Å²) in [7, 11) is 1.99. The number of nitrogens with zero attached hydrogens (tertiary/aromatic N) is 3. The molecule has 0 spiro atoms. The van der Waals surface area contributed by atoms with Crippen molar-refractivity contribution in [3.8, 4) is 0 Å². The van der Waals surface area contributed by atoms with Crippen LogP contribution in [0.15, 0.2) is 24.5 Å². The predicted molar refractivity (Wildman–Crippen MR) is 89.8 cm³/mol. The maximum Gasteiger partial charge on any atom is 0.186 e. The molecule has 0 aliphatic heterocycles. The Labute approximate surface area is 131 Å². The van der Waals surface area contributed by atoms with Crippen LogP contribution in [-0.4, -0.2) is 23.6 Å². The topological polar surface area (TPSA) is 41.1 Å². The molecule has 2 aromatic heterocycles. The van der Waals surface area contributed by atoms with Gasteiger partial charge in [-0.05, 0) is 38.1 Å². The second kappa shape index (κ2) is 8.10. The molecule has 0 aliphatic carbocycles. The number of aryl methyl sites for hydroxylation is 1. The average Bonchev–Trinajstić information content (AvgIpc) is 2.89. The minimum Gasteiger partial charge on any atom is -0.344 e. The van der Waals surface area contributed by atoms with E-state index in [0.29, 0.717) is 0 Å². The fraction of sp³-hybridized carbons (Fsp3) is 0.500. The highest BCUT2D eigenvalue weighted by molar-refractivity contribution is 7.15. The Morgan fingerprint density at radius 2 is 2.00 bits per heavy atom. The second-order valence-electron chi connectivity index (χ2n) is 5.02. The van der Waals surface area contributed by atoms with Gasteiger partial charge in [0.25, 0.3) is 0 Å². The van der Waals surface area contributed by atoms with E-state index in [0.717, 1.165) is 37.6 Å². The first-order chi connectivity index (χ1) is 10.3. The van der Waals surface area contributed by atoms with E-state index >= 15 is 0 Å². The van der Waals surface area contributed by atoms with Crippen molar-refractivity contribution >= 4 is 16.5 Å². The van der Waals surface area contributed by atoms with Crippen molar-refractivity contribution in [2.45, 2.75) is 39.8 Å². The molecular weight excluding hydrogens is 280 g/mol. The van der Waals surface area contributed by atoms with Gasteiger partial charge in [-0.3, -0.25) is 4.98 Å². The summed E-state index contributed by atoms with van der Waals surface area (Å²) in [6, 6.07) is 4.13. The molecule has 2 rings (SSSR count). The van der Waals surface area contributed by atoms with Crippen LogP contribution >= 0.6 is 11.3 Å². The van der Waals surface area contributed by atoms with Crippen LogP contribution < -0.4 is 10.2 Å². The van der Waals surface area contributed by atoms with E-state index in [9.17, 15) is 0 Å². The third-order valence-corrected chi connectivity index (χ3v) is 4.52. The highest BCUT2D eigenvalue weighted by Gasteiger charge is 2.15. The van der Waals surface area contributed by atoms with Gasteiger partial charge in [0.05, 0.1) is 5.69 Å². The second-order valence-corrected chi connectivity index (χ2v) is 6.08. The third kappa shape index (κ3) is 4.25. The van der Waals surface area contributed by atoms with Gasteiger partial charge in [-0.1, -0.05) is 13.3 Å². The number of nitrogens with one attached hydrogen (secondary N) is 1. The molecule has 1 N–H and O–H groups in total. The van der Waals surface area contributed by atoms with Crippen molar-refractivity contribution in [2.24, 2.45) is 0 Å². The van der Waals surface area contributed by atoms with Gasteiger partial charge in [0.2, 0.25) is 0 Å². The van der Waals surface area contributed by atoms with Crippen molar-refractivity contribution in [3.63, 3.8) is 0 Å². The zero-order valence-electron chi connectivity index (χ0n) is 13.1. The molecule has 0 bridgehead atoms. The summed E-state index contributed by atoms with van der Waals surface area (Å²) >= 11 is 1.81. The number of aromatic nitrogens is 2. The number of thiazole rings is 1. The molecule has 0 fully saturated rings. The molecule has 0 radical (unpaired) electrons. The molecule has 0 atom stereocenters. The van der Waals surface area contributed by atoms with E-state index in [-0.39, 0.29) is 0 Å². The van der Waals surface area contributed by atoms with Crippen LogP contribution in [0.4, 0.5) is 5.13 Å². The molecule has 0 saturated carbocycles. The third-order valence-electron chi connectivity index (χ3n) is 3.37. The lowest BCUT2D eigenvalue weighted by Crippen LogP contribution is -2.21. The highest BCUT2D eigenvalue weighted by atomic mass is 32.1. The summed E-state index contributed by atoms with van der Waals surface area (Å²) in [4.78, 5) is 12.6. The molecule has 0 unspecified atom stereocenters. The Balaban J connectivity index is 2.19. The summed E-state index contributed by atoms with van der Waals surface area (Å²) in [5, 5.41) is 4.37. The van der Waals surface area contributed by atoms with Gasteiger partial charge < -0.3 is 10.2 Å². The molecule has 0 amide bonds. The van der Waals surface area contributed by atoms with Crippen molar-refractivity contribution in [2.75, 3.05) is 18.5 Å². The minimum atomic E-state index is 0.886. The molecule has 0 saturated heterocycles. The maximum absolute atomic E-state index is 4.87. The van der Waals surface area contributed by atoms with E-state index in [4.69, 9.17) is 4.98 Å². The first-order valence-electron chi connectivity index (χ1n) is 7.55. The first-order valence-corrected chi connectivity index (χ1v) is 8.37. The lowest BCUT2D eigenvalue weighted by Gasteiger charge is -2.19. The molecule has 0 aromatic carbocycles. The summed E-state index contributed by atoms with van der Waals surface area (Å²) in [5.74, 6) is 0. The quantitative estimate of drug-likeness (QED) is 0.813. The highest BCUT2D eigenvalue weighted by Crippen LogP contribution is 2.28. The van der Waals surface area contributed by atoms with Gasteiger partial charge in [0.15, 0.2) is 5.13 Å². The van der Waals surface area contributed by atoms with Crippen LogP contribution in [-0.2, 0) is 19.5 Å².